The number of hydrogen-bond acceptors (Lipinski definition) is 4. The van der Waals surface area contributed by atoms with E-state index in [1.54, 1.807) is 11.1 Å². The quantitative estimate of drug-likeness (QED) is 0.178. The molecule has 0 aliphatic heterocycles. The minimum atomic E-state index is -0.00627. The summed E-state index contributed by atoms with van der Waals surface area (Å²) in [5.74, 6) is 4.89. The zero-order valence-electron chi connectivity index (χ0n) is 33.7. The van der Waals surface area contributed by atoms with E-state index in [1.807, 2.05) is 36.4 Å². The molecule has 8 aromatic carbocycles. The molecule has 1 spiro atoms. The van der Waals surface area contributed by atoms with Gasteiger partial charge in [-0.3, -0.25) is 0 Å². The zero-order chi connectivity index (χ0) is 39.8. The molecule has 4 nitrogen and oxygen atoms in total. The number of hydrogen-bond donors (Lipinski definition) is 0. The van der Waals surface area contributed by atoms with Crippen molar-refractivity contribution in [2.45, 2.75) is 37.5 Å². The Labute approximate surface area is 354 Å². The van der Waals surface area contributed by atoms with Gasteiger partial charge in [0.2, 0.25) is 0 Å². The number of para-hydroxylation sites is 1. The molecule has 0 amide bonds. The SMILES string of the molecule is c1ccc(-c2nc(-c3ccccc3)nc(-c3cccc4c3oc3ccc(-c5cc6ccccc6c6c5C5(c7cc8ccccc8cc7-6)C6CC7CC(C6)CC5C7)cc34)n2)cc1. The van der Waals surface area contributed by atoms with E-state index in [-0.39, 0.29) is 5.41 Å². The van der Waals surface area contributed by atoms with Crippen molar-refractivity contribution in [3.8, 4) is 56.4 Å². The van der Waals surface area contributed by atoms with Crippen molar-refractivity contribution < 1.29 is 4.42 Å². The van der Waals surface area contributed by atoms with Crippen molar-refractivity contribution >= 4 is 43.5 Å². The van der Waals surface area contributed by atoms with Crippen LogP contribution < -0.4 is 0 Å². The molecule has 10 aromatic rings. The average Bonchev–Trinajstić information content (AvgIpc) is 3.83. The maximum atomic E-state index is 6.86. The Hall–Kier alpha value is -6.91. The topological polar surface area (TPSA) is 51.8 Å². The highest BCUT2D eigenvalue weighted by Crippen LogP contribution is 2.71. The summed E-state index contributed by atoms with van der Waals surface area (Å²) < 4.78 is 6.86. The van der Waals surface area contributed by atoms with Crippen LogP contribution in [0.5, 0.6) is 0 Å². The van der Waals surface area contributed by atoms with Crippen LogP contribution in [-0.4, -0.2) is 15.0 Å². The summed E-state index contributed by atoms with van der Waals surface area (Å²) in [6.07, 6.45) is 6.80. The van der Waals surface area contributed by atoms with Crippen molar-refractivity contribution in [3.63, 3.8) is 0 Å². The summed E-state index contributed by atoms with van der Waals surface area (Å²) in [6, 6.07) is 59.5. The Kier molecular flexibility index (Phi) is 6.97. The first-order chi connectivity index (χ1) is 30.2. The zero-order valence-corrected chi connectivity index (χ0v) is 33.7. The monoisotopic (exact) mass is 783 g/mol. The van der Waals surface area contributed by atoms with Crippen molar-refractivity contribution in [1.82, 2.24) is 15.0 Å². The number of rotatable bonds is 4. The molecule has 4 heteroatoms. The molecule has 0 atom stereocenters. The summed E-state index contributed by atoms with van der Waals surface area (Å²) in [4.78, 5) is 15.1. The molecule has 4 saturated carbocycles. The lowest BCUT2D eigenvalue weighted by Crippen LogP contribution is -2.55. The van der Waals surface area contributed by atoms with Crippen LogP contribution in [0.2, 0.25) is 0 Å². The summed E-state index contributed by atoms with van der Waals surface area (Å²) >= 11 is 0. The van der Waals surface area contributed by atoms with Crippen LogP contribution in [0.1, 0.15) is 43.2 Å². The van der Waals surface area contributed by atoms with Crippen molar-refractivity contribution in [1.29, 1.82) is 0 Å². The second kappa shape index (κ2) is 12.6. The van der Waals surface area contributed by atoms with E-state index in [1.165, 1.54) is 75.9 Å². The van der Waals surface area contributed by atoms with Gasteiger partial charge in [0.05, 0.1) is 5.56 Å². The highest BCUT2D eigenvalue weighted by molar-refractivity contribution is 6.12. The Morgan fingerprint density at radius 3 is 1.72 bits per heavy atom. The predicted octanol–water partition coefficient (Wildman–Crippen LogP) is 14.5. The Bertz CT molecular complexity index is 3350. The third-order valence-electron chi connectivity index (χ3n) is 15.2. The Morgan fingerprint density at radius 1 is 0.426 bits per heavy atom. The highest BCUT2D eigenvalue weighted by atomic mass is 16.3. The molecule has 290 valence electrons. The van der Waals surface area contributed by atoms with Crippen molar-refractivity contribution in [2.75, 3.05) is 0 Å². The van der Waals surface area contributed by atoms with Gasteiger partial charge < -0.3 is 4.42 Å². The number of aromatic nitrogens is 3. The van der Waals surface area contributed by atoms with Crippen LogP contribution in [0.25, 0.3) is 99.9 Å². The van der Waals surface area contributed by atoms with Gasteiger partial charge in [0.15, 0.2) is 17.5 Å². The molecule has 0 unspecified atom stereocenters. The number of benzene rings is 8. The molecule has 4 fully saturated rings. The molecule has 2 heterocycles. The minimum Gasteiger partial charge on any atom is -0.455 e. The summed E-state index contributed by atoms with van der Waals surface area (Å²) in [5.41, 5.74) is 13.1. The Morgan fingerprint density at radius 2 is 1.02 bits per heavy atom. The fraction of sp³-hybridized carbons (Fsp3) is 0.175. The lowest BCUT2D eigenvalue weighted by Gasteiger charge is -2.61. The first kappa shape index (κ1) is 33.9. The molecule has 15 rings (SSSR count). The van der Waals surface area contributed by atoms with E-state index < -0.39 is 0 Å². The second-order valence-corrected chi connectivity index (χ2v) is 18.3. The van der Waals surface area contributed by atoms with Gasteiger partial charge in [-0.2, -0.15) is 0 Å². The van der Waals surface area contributed by atoms with Crippen LogP contribution in [0.15, 0.2) is 168 Å². The number of nitrogens with zero attached hydrogens (tertiary/aromatic N) is 3. The summed E-state index contributed by atoms with van der Waals surface area (Å²) in [7, 11) is 0. The summed E-state index contributed by atoms with van der Waals surface area (Å²) in [6.45, 7) is 0. The second-order valence-electron chi connectivity index (χ2n) is 18.3. The standard InChI is InChI=1S/C57H41N3O/c1-3-12-35(13-4-1)54-58-55(36-14-5-2-6-15-36)60-56(59-54)45-21-11-20-44-47-31-40(22-23-50(47)61-53(44)45)46-30-39-18-9-10-19-43(39)51-48-29-37-16-7-8-17-38(37)32-49(48)57(52(46)51)41-25-33-24-34(27-41)28-42(57)26-33/h1-23,29-34,41-42H,24-28H2. The van der Waals surface area contributed by atoms with E-state index in [9.17, 15) is 0 Å². The molecule has 61 heavy (non-hydrogen) atoms. The molecule has 0 N–H and O–H groups in total. The molecule has 0 saturated heterocycles. The van der Waals surface area contributed by atoms with E-state index in [2.05, 4.69) is 127 Å². The van der Waals surface area contributed by atoms with Crippen molar-refractivity contribution in [2.24, 2.45) is 23.7 Å². The van der Waals surface area contributed by atoms with Gasteiger partial charge in [0.1, 0.15) is 11.2 Å². The average molecular weight is 784 g/mol. The fourth-order valence-electron chi connectivity index (χ4n) is 13.1. The van der Waals surface area contributed by atoms with E-state index >= 15 is 0 Å². The van der Waals surface area contributed by atoms with Gasteiger partial charge in [-0.05, 0) is 147 Å². The lowest BCUT2D eigenvalue weighted by atomic mass is 9.42. The van der Waals surface area contributed by atoms with Crippen LogP contribution in [0.3, 0.4) is 0 Å². The van der Waals surface area contributed by atoms with Gasteiger partial charge in [-0.25, -0.2) is 15.0 Å². The first-order valence-corrected chi connectivity index (χ1v) is 22.1. The van der Waals surface area contributed by atoms with E-state index in [0.29, 0.717) is 29.3 Å². The Balaban J connectivity index is 1.00. The summed E-state index contributed by atoms with van der Waals surface area (Å²) in [5, 5.41) is 7.54. The molecule has 0 radical (unpaired) electrons. The maximum absolute atomic E-state index is 6.86. The molecule has 2 aromatic heterocycles. The lowest BCUT2D eigenvalue weighted by molar-refractivity contribution is -0.0396. The van der Waals surface area contributed by atoms with Crippen molar-refractivity contribution in [3.05, 3.63) is 175 Å². The maximum Gasteiger partial charge on any atom is 0.167 e. The van der Waals surface area contributed by atoms with Gasteiger partial charge >= 0.3 is 0 Å². The van der Waals surface area contributed by atoms with Crippen LogP contribution >= 0.6 is 0 Å². The van der Waals surface area contributed by atoms with E-state index in [4.69, 9.17) is 19.4 Å². The van der Waals surface area contributed by atoms with Crippen LogP contribution in [-0.2, 0) is 5.41 Å². The molecule has 5 aliphatic carbocycles. The molecular weight excluding hydrogens is 743 g/mol. The van der Waals surface area contributed by atoms with E-state index in [0.717, 1.165) is 50.5 Å². The van der Waals surface area contributed by atoms with Gasteiger partial charge in [-0.1, -0.05) is 127 Å². The van der Waals surface area contributed by atoms with Gasteiger partial charge in [0.25, 0.3) is 0 Å². The molecule has 5 aliphatic rings. The largest absolute Gasteiger partial charge is 0.455 e. The van der Waals surface area contributed by atoms with Crippen LogP contribution in [0.4, 0.5) is 0 Å². The minimum absolute atomic E-state index is 0.00627. The third-order valence-corrected chi connectivity index (χ3v) is 15.2. The fourth-order valence-corrected chi connectivity index (χ4v) is 13.1. The molecule has 4 bridgehead atoms. The third kappa shape index (κ3) is 4.79. The predicted molar refractivity (Wildman–Crippen MR) is 247 cm³/mol. The van der Waals surface area contributed by atoms with Gasteiger partial charge in [0, 0.05) is 27.3 Å². The van der Waals surface area contributed by atoms with Gasteiger partial charge in [-0.15, -0.1) is 0 Å². The molecular formula is C57H41N3O. The smallest absolute Gasteiger partial charge is 0.167 e. The number of furan rings is 1. The first-order valence-electron chi connectivity index (χ1n) is 22.1. The van der Waals surface area contributed by atoms with Crippen LogP contribution in [0, 0.1) is 23.7 Å². The highest BCUT2D eigenvalue weighted by Gasteiger charge is 2.62. The normalized spacial score (nSPS) is 22.2. The number of fused-ring (bicyclic) bond motifs is 9.